The number of hydrogen-bond acceptors (Lipinski definition) is 2. The van der Waals surface area contributed by atoms with E-state index in [1.807, 2.05) is 6.07 Å². The highest BCUT2D eigenvalue weighted by molar-refractivity contribution is 9.11. The first-order chi connectivity index (χ1) is 7.13. The van der Waals surface area contributed by atoms with Gasteiger partial charge in [-0.2, -0.15) is 0 Å². The molecule has 0 aliphatic carbocycles. The van der Waals surface area contributed by atoms with E-state index in [1.54, 1.807) is 6.20 Å². The van der Waals surface area contributed by atoms with Gasteiger partial charge in [-0.05, 0) is 50.3 Å². The number of pyridine rings is 1. The summed E-state index contributed by atoms with van der Waals surface area (Å²) in [4.78, 5) is 4.27. The first-order valence-corrected chi connectivity index (χ1v) is 6.86. The maximum atomic E-state index is 5.67. The second-order valence-electron chi connectivity index (χ2n) is 3.45. The third-order valence-corrected chi connectivity index (χ3v) is 3.28. The van der Waals surface area contributed by atoms with Crippen LogP contribution in [0.4, 0.5) is 5.82 Å². The largest absolute Gasteiger partial charge is 0.369 e. The van der Waals surface area contributed by atoms with Crippen LogP contribution < -0.4 is 5.32 Å². The van der Waals surface area contributed by atoms with Gasteiger partial charge in [0, 0.05) is 23.1 Å². The monoisotopic (exact) mass is 354 g/mol. The highest BCUT2D eigenvalue weighted by atomic mass is 79.9. The highest BCUT2D eigenvalue weighted by Crippen LogP contribution is 2.23. The maximum absolute atomic E-state index is 5.67. The van der Waals surface area contributed by atoms with Crippen molar-refractivity contribution < 1.29 is 0 Å². The zero-order valence-corrected chi connectivity index (χ0v) is 12.4. The maximum Gasteiger partial charge on any atom is 0.140 e. The number of halogens is 3. The van der Waals surface area contributed by atoms with Crippen molar-refractivity contribution in [3.8, 4) is 0 Å². The van der Waals surface area contributed by atoms with Gasteiger partial charge in [0.25, 0.3) is 0 Å². The van der Waals surface area contributed by atoms with E-state index in [1.165, 1.54) is 0 Å². The van der Waals surface area contributed by atoms with E-state index in [0.717, 1.165) is 27.7 Å². The van der Waals surface area contributed by atoms with Gasteiger partial charge in [-0.1, -0.05) is 6.92 Å². The van der Waals surface area contributed by atoms with Crippen molar-refractivity contribution >= 4 is 49.3 Å². The van der Waals surface area contributed by atoms with Gasteiger partial charge in [-0.25, -0.2) is 4.98 Å². The number of alkyl halides is 1. The van der Waals surface area contributed by atoms with Crippen LogP contribution >= 0.6 is 43.5 Å². The molecule has 1 aromatic heterocycles. The van der Waals surface area contributed by atoms with E-state index in [0.29, 0.717) is 11.8 Å². The van der Waals surface area contributed by atoms with E-state index >= 15 is 0 Å². The van der Waals surface area contributed by atoms with Crippen molar-refractivity contribution in [1.82, 2.24) is 4.98 Å². The Morgan fingerprint density at radius 1 is 1.53 bits per heavy atom. The summed E-state index contributed by atoms with van der Waals surface area (Å²) in [5, 5.41) is 3.29. The number of aromatic nitrogens is 1. The minimum Gasteiger partial charge on any atom is -0.369 e. The molecule has 1 rings (SSSR count). The van der Waals surface area contributed by atoms with Gasteiger partial charge < -0.3 is 5.32 Å². The lowest BCUT2D eigenvalue weighted by atomic mass is 10.1. The molecular formula is C10H13Br2ClN2. The van der Waals surface area contributed by atoms with Crippen LogP contribution in [-0.4, -0.2) is 17.4 Å². The van der Waals surface area contributed by atoms with Crippen LogP contribution in [0.5, 0.6) is 0 Å². The fourth-order valence-electron chi connectivity index (χ4n) is 1.10. The highest BCUT2D eigenvalue weighted by Gasteiger charge is 2.04. The molecular weight excluding hydrogens is 343 g/mol. The van der Waals surface area contributed by atoms with Gasteiger partial charge in [0.05, 0.1) is 4.47 Å². The smallest absolute Gasteiger partial charge is 0.140 e. The molecule has 0 amide bonds. The predicted molar refractivity (Wildman–Crippen MR) is 72.6 cm³/mol. The summed E-state index contributed by atoms with van der Waals surface area (Å²) in [6.07, 6.45) is 2.79. The van der Waals surface area contributed by atoms with Gasteiger partial charge in [-0.3, -0.25) is 0 Å². The lowest BCUT2D eigenvalue weighted by Crippen LogP contribution is -2.12. The summed E-state index contributed by atoms with van der Waals surface area (Å²) >= 11 is 12.5. The summed E-state index contributed by atoms with van der Waals surface area (Å²) in [7, 11) is 0. The van der Waals surface area contributed by atoms with Gasteiger partial charge >= 0.3 is 0 Å². The molecule has 0 aromatic carbocycles. The van der Waals surface area contributed by atoms with E-state index in [-0.39, 0.29) is 0 Å². The zero-order chi connectivity index (χ0) is 11.3. The van der Waals surface area contributed by atoms with Gasteiger partial charge in [-0.15, -0.1) is 11.6 Å². The Morgan fingerprint density at radius 3 is 2.87 bits per heavy atom. The van der Waals surface area contributed by atoms with E-state index in [4.69, 9.17) is 11.6 Å². The Kier molecular flexibility index (Phi) is 5.94. The molecule has 0 saturated heterocycles. The normalized spacial score (nSPS) is 12.5. The number of rotatable bonds is 5. The first-order valence-electron chi connectivity index (χ1n) is 4.74. The molecule has 0 bridgehead atoms. The Bertz CT molecular complexity index is 320. The third-order valence-electron chi connectivity index (χ3n) is 2.03. The van der Waals surface area contributed by atoms with Crippen molar-refractivity contribution in [2.75, 3.05) is 17.7 Å². The summed E-state index contributed by atoms with van der Waals surface area (Å²) < 4.78 is 1.93. The Balaban J connectivity index is 2.50. The summed E-state index contributed by atoms with van der Waals surface area (Å²) in [5.74, 6) is 2.14. The van der Waals surface area contributed by atoms with Crippen LogP contribution in [0.15, 0.2) is 21.2 Å². The molecule has 1 N–H and O–H groups in total. The number of nitrogens with zero attached hydrogens (tertiary/aromatic N) is 1. The number of hydrogen-bond donors (Lipinski definition) is 1. The lowest BCUT2D eigenvalue weighted by Gasteiger charge is -2.12. The van der Waals surface area contributed by atoms with Crippen molar-refractivity contribution in [3.63, 3.8) is 0 Å². The van der Waals surface area contributed by atoms with Gasteiger partial charge in [0.1, 0.15) is 5.82 Å². The molecule has 0 saturated carbocycles. The predicted octanol–water partition coefficient (Wildman–Crippen LogP) is 4.28. The topological polar surface area (TPSA) is 24.9 Å². The Morgan fingerprint density at radius 2 is 2.27 bits per heavy atom. The van der Waals surface area contributed by atoms with E-state index in [9.17, 15) is 0 Å². The lowest BCUT2D eigenvalue weighted by molar-refractivity contribution is 0.596. The SMILES string of the molecule is CC(CCCl)CNc1ncc(Br)cc1Br. The van der Waals surface area contributed by atoms with Crippen molar-refractivity contribution in [2.24, 2.45) is 5.92 Å². The van der Waals surface area contributed by atoms with Gasteiger partial charge in [0.15, 0.2) is 0 Å². The second kappa shape index (κ2) is 6.71. The Hall–Kier alpha value is 0.200. The van der Waals surface area contributed by atoms with Crippen molar-refractivity contribution in [2.45, 2.75) is 13.3 Å². The van der Waals surface area contributed by atoms with Gasteiger partial charge in [0.2, 0.25) is 0 Å². The third kappa shape index (κ3) is 4.70. The zero-order valence-electron chi connectivity index (χ0n) is 8.43. The molecule has 0 aliphatic rings. The molecule has 5 heteroatoms. The molecule has 0 fully saturated rings. The quantitative estimate of drug-likeness (QED) is 0.797. The summed E-state index contributed by atoms with van der Waals surface area (Å²) in [6, 6.07) is 1.97. The van der Waals surface area contributed by atoms with Crippen LogP contribution in [0.2, 0.25) is 0 Å². The van der Waals surface area contributed by atoms with E-state index < -0.39 is 0 Å². The minimum atomic E-state index is 0.555. The van der Waals surface area contributed by atoms with Crippen LogP contribution in [0.1, 0.15) is 13.3 Å². The fourth-order valence-corrected chi connectivity index (χ4v) is 2.60. The van der Waals surface area contributed by atoms with Crippen LogP contribution in [0, 0.1) is 5.92 Å². The average Bonchev–Trinajstić information content (AvgIpc) is 2.17. The molecule has 1 atom stereocenters. The van der Waals surface area contributed by atoms with Crippen molar-refractivity contribution in [1.29, 1.82) is 0 Å². The molecule has 1 heterocycles. The summed E-state index contributed by atoms with van der Waals surface area (Å²) in [5.41, 5.74) is 0. The Labute approximate surface area is 112 Å². The molecule has 0 aliphatic heterocycles. The minimum absolute atomic E-state index is 0.555. The fraction of sp³-hybridized carbons (Fsp3) is 0.500. The first kappa shape index (κ1) is 13.3. The summed E-state index contributed by atoms with van der Waals surface area (Å²) in [6.45, 7) is 3.06. The van der Waals surface area contributed by atoms with Crippen LogP contribution in [0.3, 0.4) is 0 Å². The average molecular weight is 356 g/mol. The van der Waals surface area contributed by atoms with Crippen molar-refractivity contribution in [3.05, 3.63) is 21.2 Å². The molecule has 0 spiro atoms. The second-order valence-corrected chi connectivity index (χ2v) is 5.60. The number of anilines is 1. The molecule has 1 unspecified atom stereocenters. The van der Waals surface area contributed by atoms with Crippen LogP contribution in [0.25, 0.3) is 0 Å². The number of nitrogens with one attached hydrogen (secondary N) is 1. The molecule has 2 nitrogen and oxygen atoms in total. The van der Waals surface area contributed by atoms with E-state index in [2.05, 4.69) is 49.1 Å². The molecule has 1 aromatic rings. The molecule has 0 radical (unpaired) electrons. The molecule has 15 heavy (non-hydrogen) atoms. The molecule has 84 valence electrons. The van der Waals surface area contributed by atoms with Crippen LogP contribution in [-0.2, 0) is 0 Å². The standard InChI is InChI=1S/C10H13Br2ClN2/c1-7(2-3-13)5-14-10-9(12)4-8(11)6-15-10/h4,6-7H,2-3,5H2,1H3,(H,14,15).